The Labute approximate surface area is 93.0 Å². The molecule has 1 rings (SSSR count). The van der Waals surface area contributed by atoms with Gasteiger partial charge in [0.25, 0.3) is 0 Å². The number of nitrogens with zero attached hydrogens (tertiary/aromatic N) is 2. The number of aliphatic carboxylic acids is 1. The molecule has 0 bridgehead atoms. The van der Waals surface area contributed by atoms with E-state index >= 15 is 0 Å². The number of nitrogens with one attached hydrogen (secondary N) is 1. The Bertz CT molecular complexity index is 299. The number of piperazine rings is 1. The minimum Gasteiger partial charge on any atom is -0.480 e. The summed E-state index contributed by atoms with van der Waals surface area (Å²) >= 11 is 0. The van der Waals surface area contributed by atoms with Crippen molar-refractivity contribution in [1.82, 2.24) is 15.1 Å². The molecule has 90 valence electrons. The first-order valence-corrected chi connectivity index (χ1v) is 5.07. The molecule has 0 saturated carbocycles. The van der Waals surface area contributed by atoms with Crippen molar-refractivity contribution in [3.63, 3.8) is 0 Å². The van der Waals surface area contributed by atoms with Crippen LogP contribution in [0.4, 0.5) is 4.79 Å². The third kappa shape index (κ3) is 3.11. The summed E-state index contributed by atoms with van der Waals surface area (Å²) in [7, 11) is 0. The molecule has 7 nitrogen and oxygen atoms in total. The molecular weight excluding hydrogens is 214 g/mol. The summed E-state index contributed by atoms with van der Waals surface area (Å²) in [6.07, 6.45) is 0. The Kier molecular flexibility index (Phi) is 4.10. The second-order valence-corrected chi connectivity index (χ2v) is 3.46. The number of urea groups is 1. The fourth-order valence-electron chi connectivity index (χ4n) is 1.48. The van der Waals surface area contributed by atoms with Crippen molar-refractivity contribution >= 4 is 17.9 Å². The topological polar surface area (TPSA) is 90.0 Å². The van der Waals surface area contributed by atoms with Crippen LogP contribution in [0.15, 0.2) is 0 Å². The van der Waals surface area contributed by atoms with Gasteiger partial charge in [-0.2, -0.15) is 0 Å². The van der Waals surface area contributed by atoms with E-state index in [0.29, 0.717) is 19.6 Å². The Morgan fingerprint density at radius 1 is 1.56 bits per heavy atom. The van der Waals surface area contributed by atoms with Crippen molar-refractivity contribution in [2.24, 2.45) is 0 Å². The third-order valence-corrected chi connectivity index (χ3v) is 2.29. The lowest BCUT2D eigenvalue weighted by atomic mass is 10.3. The van der Waals surface area contributed by atoms with Crippen LogP contribution >= 0.6 is 0 Å². The summed E-state index contributed by atoms with van der Waals surface area (Å²) in [6, 6.07) is -0.403. The highest BCUT2D eigenvalue weighted by atomic mass is 16.4. The van der Waals surface area contributed by atoms with Gasteiger partial charge in [0.15, 0.2) is 0 Å². The smallest absolute Gasteiger partial charge is 0.323 e. The van der Waals surface area contributed by atoms with E-state index in [1.165, 1.54) is 9.80 Å². The maximum absolute atomic E-state index is 11.8. The lowest BCUT2D eigenvalue weighted by Crippen LogP contribution is -2.54. The van der Waals surface area contributed by atoms with Gasteiger partial charge in [-0.1, -0.05) is 0 Å². The predicted molar refractivity (Wildman–Crippen MR) is 54.9 cm³/mol. The van der Waals surface area contributed by atoms with Gasteiger partial charge in [0, 0.05) is 19.6 Å². The zero-order chi connectivity index (χ0) is 12.1. The standard InChI is InChI=1S/C9H15N3O4/c1-2-11(6-8(14)15)9(16)12-4-3-10-7(13)5-12/h2-6H2,1H3,(H,10,13)(H,14,15). The molecule has 1 saturated heterocycles. The van der Waals surface area contributed by atoms with Gasteiger partial charge in [0.05, 0.1) is 0 Å². The number of carbonyl (C=O) groups excluding carboxylic acids is 2. The zero-order valence-electron chi connectivity index (χ0n) is 9.10. The average Bonchev–Trinajstić information content (AvgIpc) is 2.24. The highest BCUT2D eigenvalue weighted by Gasteiger charge is 2.25. The van der Waals surface area contributed by atoms with Crippen molar-refractivity contribution in [3.05, 3.63) is 0 Å². The summed E-state index contributed by atoms with van der Waals surface area (Å²) in [5.41, 5.74) is 0. The van der Waals surface area contributed by atoms with E-state index in [0.717, 1.165) is 0 Å². The largest absolute Gasteiger partial charge is 0.480 e. The second-order valence-electron chi connectivity index (χ2n) is 3.46. The van der Waals surface area contributed by atoms with Crippen LogP contribution in [-0.2, 0) is 9.59 Å². The Morgan fingerprint density at radius 3 is 2.75 bits per heavy atom. The van der Waals surface area contributed by atoms with Gasteiger partial charge < -0.3 is 20.2 Å². The molecule has 3 amide bonds. The van der Waals surface area contributed by atoms with Gasteiger partial charge in [-0.25, -0.2) is 4.79 Å². The van der Waals surface area contributed by atoms with Gasteiger partial charge in [-0.3, -0.25) is 9.59 Å². The third-order valence-electron chi connectivity index (χ3n) is 2.29. The van der Waals surface area contributed by atoms with E-state index in [1.807, 2.05) is 0 Å². The van der Waals surface area contributed by atoms with E-state index in [-0.39, 0.29) is 19.0 Å². The number of hydrogen-bond acceptors (Lipinski definition) is 3. The number of carboxylic acids is 1. The van der Waals surface area contributed by atoms with Gasteiger partial charge >= 0.3 is 12.0 Å². The van der Waals surface area contributed by atoms with Gasteiger partial charge in [-0.15, -0.1) is 0 Å². The van der Waals surface area contributed by atoms with Gasteiger partial charge in [0.1, 0.15) is 13.1 Å². The van der Waals surface area contributed by atoms with E-state index in [9.17, 15) is 14.4 Å². The molecule has 1 heterocycles. The van der Waals surface area contributed by atoms with Crippen LogP contribution in [-0.4, -0.2) is 65.5 Å². The van der Waals surface area contributed by atoms with Crippen LogP contribution in [0.1, 0.15) is 6.92 Å². The quantitative estimate of drug-likeness (QED) is 0.645. The monoisotopic (exact) mass is 229 g/mol. The molecule has 2 N–H and O–H groups in total. The van der Waals surface area contributed by atoms with Crippen molar-refractivity contribution in [3.8, 4) is 0 Å². The molecule has 0 radical (unpaired) electrons. The fraction of sp³-hybridized carbons (Fsp3) is 0.667. The highest BCUT2D eigenvalue weighted by Crippen LogP contribution is 2.01. The normalized spacial score (nSPS) is 15.6. The number of carboxylic acid groups (broad SMARTS) is 1. The van der Waals surface area contributed by atoms with E-state index < -0.39 is 12.0 Å². The number of carbonyl (C=O) groups is 3. The summed E-state index contributed by atoms with van der Waals surface area (Å²) in [5.74, 6) is -1.28. The fourth-order valence-corrected chi connectivity index (χ4v) is 1.48. The van der Waals surface area contributed by atoms with Crippen LogP contribution < -0.4 is 5.32 Å². The van der Waals surface area contributed by atoms with Crippen molar-refractivity contribution < 1.29 is 19.5 Å². The first-order valence-electron chi connectivity index (χ1n) is 5.07. The van der Waals surface area contributed by atoms with E-state index in [1.54, 1.807) is 6.92 Å². The maximum atomic E-state index is 11.8. The minimum atomic E-state index is -1.06. The predicted octanol–water partition coefficient (Wildman–Crippen LogP) is -1.06. The lowest BCUT2D eigenvalue weighted by molar-refractivity contribution is -0.137. The number of hydrogen-bond donors (Lipinski definition) is 2. The molecule has 0 spiro atoms. The number of likely N-dealkylation sites (N-methyl/N-ethyl adjacent to an activating group) is 1. The Balaban J connectivity index is 2.59. The molecule has 1 aliphatic rings. The molecule has 1 aliphatic heterocycles. The van der Waals surface area contributed by atoms with Gasteiger partial charge in [0.2, 0.25) is 5.91 Å². The zero-order valence-corrected chi connectivity index (χ0v) is 9.10. The van der Waals surface area contributed by atoms with Crippen LogP contribution in [0.2, 0.25) is 0 Å². The molecule has 0 aromatic rings. The summed E-state index contributed by atoms with van der Waals surface area (Å²) in [5, 5.41) is 11.2. The van der Waals surface area contributed by atoms with Crippen LogP contribution in [0.25, 0.3) is 0 Å². The van der Waals surface area contributed by atoms with Gasteiger partial charge in [-0.05, 0) is 6.92 Å². The molecule has 0 atom stereocenters. The Hall–Kier alpha value is -1.79. The first kappa shape index (κ1) is 12.3. The molecule has 1 fully saturated rings. The highest BCUT2D eigenvalue weighted by molar-refractivity contribution is 5.86. The summed E-state index contributed by atoms with van der Waals surface area (Å²) < 4.78 is 0. The van der Waals surface area contributed by atoms with Crippen LogP contribution in [0, 0.1) is 0 Å². The number of rotatable bonds is 3. The molecule has 16 heavy (non-hydrogen) atoms. The molecular formula is C9H15N3O4. The molecule has 0 aromatic heterocycles. The lowest BCUT2D eigenvalue weighted by Gasteiger charge is -2.31. The molecule has 0 aliphatic carbocycles. The SMILES string of the molecule is CCN(CC(=O)O)C(=O)N1CCNC(=O)C1. The van der Waals surface area contributed by atoms with Crippen molar-refractivity contribution in [2.45, 2.75) is 6.92 Å². The Morgan fingerprint density at radius 2 is 2.25 bits per heavy atom. The van der Waals surface area contributed by atoms with Crippen molar-refractivity contribution in [2.75, 3.05) is 32.7 Å². The molecule has 0 aromatic carbocycles. The van der Waals surface area contributed by atoms with E-state index in [2.05, 4.69) is 5.32 Å². The molecule has 7 heteroatoms. The summed E-state index contributed by atoms with van der Waals surface area (Å²) in [6.45, 7) is 2.49. The first-order chi connectivity index (χ1) is 7.54. The second kappa shape index (κ2) is 5.34. The van der Waals surface area contributed by atoms with E-state index in [4.69, 9.17) is 5.11 Å². The summed E-state index contributed by atoms with van der Waals surface area (Å²) in [4.78, 5) is 36.0. The number of amides is 3. The maximum Gasteiger partial charge on any atom is 0.323 e. The van der Waals surface area contributed by atoms with Crippen LogP contribution in [0.5, 0.6) is 0 Å². The van der Waals surface area contributed by atoms with Crippen molar-refractivity contribution in [1.29, 1.82) is 0 Å². The molecule has 0 unspecified atom stereocenters. The minimum absolute atomic E-state index is 0.00501. The van der Waals surface area contributed by atoms with Crippen LogP contribution in [0.3, 0.4) is 0 Å². The average molecular weight is 229 g/mol.